The molecule has 1 atom stereocenters. The van der Waals surface area contributed by atoms with Crippen LogP contribution >= 0.6 is 0 Å². The molecule has 3 aromatic rings. The monoisotopic (exact) mass is 361 g/mol. The summed E-state index contributed by atoms with van der Waals surface area (Å²) in [5.41, 5.74) is 3.61. The Bertz CT molecular complexity index is 836. The normalized spacial score (nSPS) is 11.7. The zero-order valence-electron chi connectivity index (χ0n) is 15.0. The average Bonchev–Trinajstić information content (AvgIpc) is 2.74. The average molecular weight is 361 g/mol. The second-order valence-electron chi connectivity index (χ2n) is 6.21. The molecule has 0 fully saturated rings. The van der Waals surface area contributed by atoms with E-state index in [1.54, 1.807) is 18.5 Å². The van der Waals surface area contributed by atoms with Gasteiger partial charge in [0.15, 0.2) is 0 Å². The van der Waals surface area contributed by atoms with Crippen molar-refractivity contribution < 1.29 is 9.90 Å². The molecule has 5 nitrogen and oxygen atoms in total. The van der Waals surface area contributed by atoms with Crippen molar-refractivity contribution in [3.8, 4) is 11.1 Å². The van der Waals surface area contributed by atoms with Gasteiger partial charge in [0.2, 0.25) is 0 Å². The molecule has 0 aliphatic rings. The van der Waals surface area contributed by atoms with Crippen LogP contribution in [0.4, 0.5) is 0 Å². The number of aliphatic hydroxyl groups excluding tert-OH is 1. The maximum Gasteiger partial charge on any atom is 0.251 e. The third-order valence-corrected chi connectivity index (χ3v) is 4.25. The predicted octanol–water partition coefficient (Wildman–Crippen LogP) is 2.80. The largest absolute Gasteiger partial charge is 0.387 e. The Kier molecular flexibility index (Phi) is 6.68. The summed E-state index contributed by atoms with van der Waals surface area (Å²) < 4.78 is 0. The van der Waals surface area contributed by atoms with E-state index in [0.717, 1.165) is 16.7 Å². The number of nitrogens with zero attached hydrogens (tertiary/aromatic N) is 1. The van der Waals surface area contributed by atoms with E-state index in [9.17, 15) is 9.90 Å². The number of carbonyl (C=O) groups is 1. The maximum absolute atomic E-state index is 12.2. The van der Waals surface area contributed by atoms with Crippen molar-refractivity contribution in [2.75, 3.05) is 19.6 Å². The van der Waals surface area contributed by atoms with Crippen LogP contribution in [-0.4, -0.2) is 35.6 Å². The lowest BCUT2D eigenvalue weighted by Gasteiger charge is -2.12. The van der Waals surface area contributed by atoms with Gasteiger partial charge in [-0.15, -0.1) is 0 Å². The number of benzene rings is 2. The molecule has 0 aliphatic heterocycles. The summed E-state index contributed by atoms with van der Waals surface area (Å²) >= 11 is 0. The Balaban J connectivity index is 1.40. The molecule has 3 rings (SSSR count). The molecule has 2 aromatic carbocycles. The summed E-state index contributed by atoms with van der Waals surface area (Å²) in [6.07, 6.45) is 2.71. The summed E-state index contributed by atoms with van der Waals surface area (Å²) in [4.78, 5) is 16.2. The van der Waals surface area contributed by atoms with Gasteiger partial charge in [-0.3, -0.25) is 9.78 Å². The molecule has 0 unspecified atom stereocenters. The van der Waals surface area contributed by atoms with Crippen LogP contribution < -0.4 is 10.6 Å². The highest BCUT2D eigenvalue weighted by Gasteiger charge is 2.07. The zero-order valence-corrected chi connectivity index (χ0v) is 15.0. The molecule has 27 heavy (non-hydrogen) atoms. The minimum atomic E-state index is -0.611. The number of pyridine rings is 1. The molecule has 1 heterocycles. The van der Waals surface area contributed by atoms with E-state index in [4.69, 9.17) is 0 Å². The molecule has 1 amide bonds. The predicted molar refractivity (Wildman–Crippen MR) is 106 cm³/mol. The van der Waals surface area contributed by atoms with Gasteiger partial charge in [-0.25, -0.2) is 0 Å². The Hall–Kier alpha value is -3.02. The molecule has 0 bridgehead atoms. The van der Waals surface area contributed by atoms with Gasteiger partial charge in [0.25, 0.3) is 5.91 Å². The van der Waals surface area contributed by atoms with Crippen LogP contribution in [0.25, 0.3) is 11.1 Å². The molecular formula is C22H23N3O2. The third kappa shape index (κ3) is 5.48. The molecule has 3 N–H and O–H groups in total. The first-order valence-electron chi connectivity index (χ1n) is 8.96. The van der Waals surface area contributed by atoms with Gasteiger partial charge in [-0.05, 0) is 29.3 Å². The van der Waals surface area contributed by atoms with E-state index in [0.29, 0.717) is 25.2 Å². The number of rotatable bonds is 8. The van der Waals surface area contributed by atoms with E-state index < -0.39 is 6.10 Å². The number of amides is 1. The Morgan fingerprint density at radius 2 is 1.67 bits per heavy atom. The van der Waals surface area contributed by atoms with E-state index in [1.165, 1.54) is 0 Å². The third-order valence-electron chi connectivity index (χ3n) is 4.25. The molecule has 0 saturated carbocycles. The highest BCUT2D eigenvalue weighted by Crippen LogP contribution is 2.19. The van der Waals surface area contributed by atoms with E-state index in [1.807, 2.05) is 60.7 Å². The van der Waals surface area contributed by atoms with Crippen molar-refractivity contribution in [1.82, 2.24) is 15.6 Å². The lowest BCUT2D eigenvalue weighted by Crippen LogP contribution is -2.33. The molecule has 0 radical (unpaired) electrons. The first-order chi connectivity index (χ1) is 13.2. The van der Waals surface area contributed by atoms with Gasteiger partial charge in [0.1, 0.15) is 0 Å². The number of hydrogen-bond acceptors (Lipinski definition) is 4. The van der Waals surface area contributed by atoms with E-state index >= 15 is 0 Å². The van der Waals surface area contributed by atoms with Crippen LogP contribution in [0.3, 0.4) is 0 Å². The minimum absolute atomic E-state index is 0.107. The first kappa shape index (κ1) is 18.8. The summed E-state index contributed by atoms with van der Waals surface area (Å²) in [6.45, 7) is 1.47. The van der Waals surface area contributed by atoms with E-state index in [-0.39, 0.29) is 5.91 Å². The summed E-state index contributed by atoms with van der Waals surface area (Å²) in [7, 11) is 0. The lowest BCUT2D eigenvalue weighted by atomic mass is 10.0. The number of carbonyl (C=O) groups excluding carboxylic acids is 1. The molecule has 1 aromatic heterocycles. The maximum atomic E-state index is 12.2. The van der Waals surface area contributed by atoms with Crippen LogP contribution in [0.1, 0.15) is 22.0 Å². The highest BCUT2D eigenvalue weighted by atomic mass is 16.3. The quantitative estimate of drug-likeness (QED) is 0.540. The second-order valence-corrected chi connectivity index (χ2v) is 6.21. The van der Waals surface area contributed by atoms with Crippen LogP contribution in [-0.2, 0) is 0 Å². The molecule has 138 valence electrons. The molecule has 5 heteroatoms. The van der Waals surface area contributed by atoms with Crippen molar-refractivity contribution in [3.63, 3.8) is 0 Å². The second kappa shape index (κ2) is 9.62. The Labute approximate surface area is 159 Å². The molecule has 0 spiro atoms. The fourth-order valence-electron chi connectivity index (χ4n) is 2.74. The van der Waals surface area contributed by atoms with Gasteiger partial charge in [0.05, 0.1) is 6.10 Å². The van der Waals surface area contributed by atoms with Crippen LogP contribution in [0.2, 0.25) is 0 Å². The van der Waals surface area contributed by atoms with Crippen LogP contribution in [0, 0.1) is 0 Å². The number of nitrogens with one attached hydrogen (secondary N) is 2. The van der Waals surface area contributed by atoms with Crippen molar-refractivity contribution in [2.24, 2.45) is 0 Å². The van der Waals surface area contributed by atoms with Crippen LogP contribution in [0.5, 0.6) is 0 Å². The number of aromatic nitrogens is 1. The van der Waals surface area contributed by atoms with Crippen molar-refractivity contribution >= 4 is 5.91 Å². The number of hydrogen-bond donors (Lipinski definition) is 3. The van der Waals surface area contributed by atoms with Gasteiger partial charge in [-0.2, -0.15) is 0 Å². The molecular weight excluding hydrogens is 338 g/mol. The van der Waals surface area contributed by atoms with Crippen molar-refractivity contribution in [1.29, 1.82) is 0 Å². The van der Waals surface area contributed by atoms with Crippen molar-refractivity contribution in [3.05, 3.63) is 90.3 Å². The lowest BCUT2D eigenvalue weighted by molar-refractivity contribution is 0.0953. The molecule has 0 aliphatic carbocycles. The zero-order chi connectivity index (χ0) is 18.9. The van der Waals surface area contributed by atoms with E-state index in [2.05, 4.69) is 15.6 Å². The summed E-state index contributed by atoms with van der Waals surface area (Å²) in [6, 6.07) is 21.2. The van der Waals surface area contributed by atoms with Gasteiger partial charge >= 0.3 is 0 Å². The molecule has 0 saturated heterocycles. The van der Waals surface area contributed by atoms with Gasteiger partial charge in [0, 0.05) is 43.2 Å². The fraction of sp³-hybridized carbons (Fsp3) is 0.182. The summed E-state index contributed by atoms with van der Waals surface area (Å²) in [5.74, 6) is -0.107. The smallest absolute Gasteiger partial charge is 0.251 e. The Morgan fingerprint density at radius 1 is 0.926 bits per heavy atom. The Morgan fingerprint density at radius 3 is 2.37 bits per heavy atom. The van der Waals surface area contributed by atoms with Gasteiger partial charge < -0.3 is 15.7 Å². The van der Waals surface area contributed by atoms with Gasteiger partial charge in [-0.1, -0.05) is 48.5 Å². The SMILES string of the molecule is O=C(NCCNC[C@H](O)c1cccnc1)c1ccc(-c2ccccc2)cc1. The summed E-state index contributed by atoms with van der Waals surface area (Å²) in [5, 5.41) is 16.0. The minimum Gasteiger partial charge on any atom is -0.387 e. The van der Waals surface area contributed by atoms with Crippen LogP contribution in [0.15, 0.2) is 79.1 Å². The highest BCUT2D eigenvalue weighted by molar-refractivity contribution is 5.94. The topological polar surface area (TPSA) is 74.2 Å². The fourth-order valence-corrected chi connectivity index (χ4v) is 2.74. The number of aliphatic hydroxyl groups is 1. The first-order valence-corrected chi connectivity index (χ1v) is 8.96. The standard InChI is InChI=1S/C22H23N3O2/c26-21(20-7-4-12-23-15-20)16-24-13-14-25-22(27)19-10-8-18(9-11-19)17-5-2-1-3-6-17/h1-12,15,21,24,26H,13-14,16H2,(H,25,27)/t21-/m0/s1. The van der Waals surface area contributed by atoms with Crippen molar-refractivity contribution in [2.45, 2.75) is 6.10 Å².